The summed E-state index contributed by atoms with van der Waals surface area (Å²) in [5, 5.41) is 5.26. The number of hydrogen-bond acceptors (Lipinski definition) is 11. The highest BCUT2D eigenvalue weighted by Crippen LogP contribution is 2.43. The molecule has 1 spiro atoms. The number of fused-ring (bicyclic) bond motifs is 1. The fraction of sp³-hybridized carbons (Fsp3) is 0.600. The first-order valence-corrected chi connectivity index (χ1v) is 26.0. The summed E-state index contributed by atoms with van der Waals surface area (Å²) in [5.74, 6) is -1.71. The van der Waals surface area contributed by atoms with Gasteiger partial charge in [-0.05, 0) is 86.4 Å². The summed E-state index contributed by atoms with van der Waals surface area (Å²) in [4.78, 5) is 78.9. The first kappa shape index (κ1) is 58.4. The van der Waals surface area contributed by atoms with Crippen molar-refractivity contribution in [1.29, 1.82) is 0 Å². The number of pyridine rings is 1. The number of alkyl halides is 3. The van der Waals surface area contributed by atoms with Gasteiger partial charge in [0.2, 0.25) is 11.8 Å². The lowest BCUT2D eigenvalue weighted by molar-refractivity contribution is -0.154. The summed E-state index contributed by atoms with van der Waals surface area (Å²) in [6.45, 7) is 23.4. The van der Waals surface area contributed by atoms with Crippen molar-refractivity contribution >= 4 is 40.6 Å². The molecular formula is C55H78F3N9O8. The van der Waals surface area contributed by atoms with Crippen LogP contribution < -0.4 is 10.7 Å². The molecule has 7 rings (SSSR count). The van der Waals surface area contributed by atoms with E-state index in [0.29, 0.717) is 105 Å². The van der Waals surface area contributed by atoms with E-state index in [1.54, 1.807) is 53.2 Å². The Morgan fingerprint density at radius 3 is 2.35 bits per heavy atom. The molecule has 1 aromatic carbocycles. The third-order valence-corrected chi connectivity index (χ3v) is 14.8. The lowest BCUT2D eigenvalue weighted by atomic mass is 9.83. The minimum atomic E-state index is -4.57. The zero-order chi connectivity index (χ0) is 55.0. The molecule has 2 aromatic heterocycles. The lowest BCUT2D eigenvalue weighted by Gasteiger charge is -2.47. The topological polar surface area (TPSA) is 171 Å². The molecule has 0 saturated carbocycles. The molecule has 17 nitrogen and oxygen atoms in total. The van der Waals surface area contributed by atoms with E-state index >= 15 is 0 Å². The molecule has 20 heteroatoms. The number of amides is 5. The Balaban J connectivity index is 0.00000452. The number of esters is 1. The number of hydrazine groups is 1. The van der Waals surface area contributed by atoms with E-state index in [1.165, 1.54) is 29.6 Å². The Kier molecular flexibility index (Phi) is 19.4. The van der Waals surface area contributed by atoms with Crippen LogP contribution in [-0.4, -0.2) is 174 Å². The molecule has 4 aliphatic rings. The van der Waals surface area contributed by atoms with Gasteiger partial charge < -0.3 is 38.8 Å². The van der Waals surface area contributed by atoms with Gasteiger partial charge in [0, 0.05) is 107 Å². The largest absolute Gasteiger partial charge is 0.465 e. The van der Waals surface area contributed by atoms with Gasteiger partial charge in [-0.3, -0.25) is 34.1 Å². The Hall–Kier alpha value is -5.83. The van der Waals surface area contributed by atoms with Crippen LogP contribution in [0.25, 0.3) is 22.2 Å². The molecule has 4 saturated heterocycles. The number of nitrogens with zero attached hydrogens (tertiary/aromatic N) is 7. The van der Waals surface area contributed by atoms with E-state index in [1.807, 2.05) is 39.8 Å². The second-order valence-corrected chi connectivity index (χ2v) is 21.4. The minimum Gasteiger partial charge on any atom is -0.465 e. The van der Waals surface area contributed by atoms with E-state index in [2.05, 4.69) is 40.4 Å². The quantitative estimate of drug-likeness (QED) is 0.0822. The lowest BCUT2D eigenvalue weighted by Crippen LogP contribution is -2.64. The molecule has 0 radical (unpaired) electrons. The van der Waals surface area contributed by atoms with Gasteiger partial charge in [-0.1, -0.05) is 40.3 Å². The van der Waals surface area contributed by atoms with Gasteiger partial charge >= 0.3 is 18.2 Å². The zero-order valence-electron chi connectivity index (χ0n) is 45.1. The van der Waals surface area contributed by atoms with Gasteiger partial charge in [-0.25, -0.2) is 10.2 Å². The van der Waals surface area contributed by atoms with Crippen molar-refractivity contribution in [3.8, 4) is 11.3 Å². The summed E-state index contributed by atoms with van der Waals surface area (Å²) in [7, 11) is 3.14. The van der Waals surface area contributed by atoms with E-state index < -0.39 is 53.8 Å². The monoisotopic (exact) mass is 1050 g/mol. The Bertz CT molecular complexity index is 2510. The molecule has 412 valence electrons. The van der Waals surface area contributed by atoms with Gasteiger partial charge in [-0.2, -0.15) is 13.2 Å². The Morgan fingerprint density at radius 1 is 1.03 bits per heavy atom. The second kappa shape index (κ2) is 24.9. The number of likely N-dealkylation sites (N-methyl/N-ethyl adjacent to an activating group) is 1. The number of carbonyl (C=O) groups excluding carboxylic acids is 5. The number of rotatable bonds is 17. The van der Waals surface area contributed by atoms with Gasteiger partial charge in [0.25, 0.3) is 5.91 Å². The Labute approximate surface area is 439 Å². The summed E-state index contributed by atoms with van der Waals surface area (Å²) in [6.07, 6.45) is 0.813. The number of urea groups is 1. The van der Waals surface area contributed by atoms with Gasteiger partial charge in [0.15, 0.2) is 0 Å². The van der Waals surface area contributed by atoms with E-state index in [9.17, 15) is 37.1 Å². The minimum absolute atomic E-state index is 0.0446. The van der Waals surface area contributed by atoms with Crippen LogP contribution in [0.4, 0.5) is 18.0 Å². The number of methoxy groups -OCH3 is 1. The summed E-state index contributed by atoms with van der Waals surface area (Å²) >= 11 is 0. The predicted octanol–water partition coefficient (Wildman–Crippen LogP) is 6.87. The normalized spacial score (nSPS) is 18.6. The number of morpholine rings is 1. The maximum atomic E-state index is 14.6. The number of benzene rings is 1. The van der Waals surface area contributed by atoms with Crippen LogP contribution in [0.15, 0.2) is 62.3 Å². The van der Waals surface area contributed by atoms with Crippen molar-refractivity contribution in [3.05, 3.63) is 79.2 Å². The predicted molar refractivity (Wildman–Crippen MR) is 280 cm³/mol. The Morgan fingerprint density at radius 2 is 1.73 bits per heavy atom. The fourth-order valence-corrected chi connectivity index (χ4v) is 10.9. The standard InChI is InChI=1S/C53H74F3N9O8.C2H4/c1-10-44(67)63-24-25-73-52(31-63)17-22-62(23-18-52)50(70)60(8)46(34(2)3)48(68)59-42(49(69)65-21-12-11-20-58-65)30-61-28-38(29-61)37-15-16-43-40(26-37)41(27-51(6,7)33-72-36(5)66)47(64(43)32-53(54,55)56)39-14-13-19-57-45(39)35(4)71-9;1-2/h10,13-16,19,26,34-35,38,42,46,58H,1,11-12,17-18,20-25,27-33H2,2-9H3,(H,59,68);1-2H2. The number of halogens is 3. The highest BCUT2D eigenvalue weighted by molar-refractivity contribution is 5.94. The molecule has 5 amide bonds. The van der Waals surface area contributed by atoms with Gasteiger partial charge in [-0.15, -0.1) is 13.2 Å². The molecule has 4 aliphatic heterocycles. The third-order valence-electron chi connectivity index (χ3n) is 14.8. The number of hydrogen-bond donors (Lipinski definition) is 2. The second-order valence-electron chi connectivity index (χ2n) is 21.4. The molecule has 2 N–H and O–H groups in total. The van der Waals surface area contributed by atoms with Crippen molar-refractivity contribution < 1.29 is 51.4 Å². The molecule has 3 aromatic rings. The van der Waals surface area contributed by atoms with Gasteiger partial charge in [0.05, 0.1) is 42.9 Å². The first-order valence-electron chi connectivity index (χ1n) is 26.0. The molecule has 0 bridgehead atoms. The zero-order valence-corrected chi connectivity index (χ0v) is 45.1. The van der Waals surface area contributed by atoms with Crippen molar-refractivity contribution in [3.63, 3.8) is 0 Å². The molecule has 3 atom stereocenters. The SMILES string of the molecule is C=C.C=CC(=O)N1CCOC2(CCN(C(=O)N(C)C(C(=O)NC(CN3CC(c4ccc5c(c4)c(CC(C)(C)COC(C)=O)c(-c4cccnc4C(C)OC)n5CC(F)(F)F)C3)C(=O)N3CCCCN3)C(C)C)CC2)C1. The van der Waals surface area contributed by atoms with E-state index in [-0.39, 0.29) is 49.3 Å². The highest BCUT2D eigenvalue weighted by atomic mass is 19.4. The number of piperidine rings is 1. The smallest absolute Gasteiger partial charge is 0.406 e. The van der Waals surface area contributed by atoms with Crippen LogP contribution in [0.2, 0.25) is 0 Å². The maximum absolute atomic E-state index is 14.6. The first-order chi connectivity index (χ1) is 35.5. The van der Waals surface area contributed by atoms with E-state index in [0.717, 1.165) is 18.4 Å². The van der Waals surface area contributed by atoms with Crippen molar-refractivity contribution in [2.75, 3.05) is 86.3 Å². The number of ether oxygens (including phenoxy) is 3. The van der Waals surface area contributed by atoms with Crippen LogP contribution in [0.1, 0.15) is 96.1 Å². The average Bonchev–Trinajstić information content (AvgIpc) is 3.65. The van der Waals surface area contributed by atoms with Crippen molar-refractivity contribution in [1.82, 2.24) is 44.9 Å². The summed E-state index contributed by atoms with van der Waals surface area (Å²) in [5.41, 5.74) is 5.26. The number of aromatic nitrogens is 2. The van der Waals surface area contributed by atoms with Crippen molar-refractivity contribution in [2.45, 2.75) is 116 Å². The molecule has 75 heavy (non-hydrogen) atoms. The maximum Gasteiger partial charge on any atom is 0.406 e. The highest BCUT2D eigenvalue weighted by Gasteiger charge is 2.44. The average molecular weight is 1050 g/mol. The summed E-state index contributed by atoms with van der Waals surface area (Å²) in [6, 6.07) is 6.85. The third kappa shape index (κ3) is 14.0. The van der Waals surface area contributed by atoms with E-state index in [4.69, 9.17) is 14.2 Å². The van der Waals surface area contributed by atoms with Crippen LogP contribution in [0.3, 0.4) is 0 Å². The summed E-state index contributed by atoms with van der Waals surface area (Å²) < 4.78 is 62.5. The molecular weight excluding hydrogens is 972 g/mol. The van der Waals surface area contributed by atoms with Crippen LogP contribution in [-0.2, 0) is 46.4 Å². The van der Waals surface area contributed by atoms with Crippen LogP contribution >= 0.6 is 0 Å². The van der Waals surface area contributed by atoms with Crippen molar-refractivity contribution in [2.24, 2.45) is 11.3 Å². The fourth-order valence-electron chi connectivity index (χ4n) is 10.9. The van der Waals surface area contributed by atoms with Gasteiger partial charge in [0.1, 0.15) is 18.6 Å². The van der Waals surface area contributed by atoms with Crippen LogP contribution in [0.5, 0.6) is 0 Å². The molecule has 3 unspecified atom stereocenters. The number of likely N-dealkylation sites (tertiary alicyclic amines) is 2. The van der Waals surface area contributed by atoms with Crippen LogP contribution in [0, 0.1) is 11.3 Å². The molecule has 6 heterocycles. The molecule has 4 fully saturated rings. The number of carbonyl (C=O) groups is 5. The molecule has 0 aliphatic carbocycles. The number of nitrogens with one attached hydrogen (secondary N) is 2.